The zero-order valence-corrected chi connectivity index (χ0v) is 18.2. The summed E-state index contributed by atoms with van der Waals surface area (Å²) in [6.07, 6.45) is 0.876. The van der Waals surface area contributed by atoms with Gasteiger partial charge in [0.25, 0.3) is 11.8 Å². The van der Waals surface area contributed by atoms with E-state index in [1.54, 1.807) is 48.5 Å². The Hall–Kier alpha value is -3.45. The first-order chi connectivity index (χ1) is 14.8. The van der Waals surface area contributed by atoms with Gasteiger partial charge in [-0.1, -0.05) is 48.9 Å². The molecule has 0 atom stereocenters. The van der Waals surface area contributed by atoms with Crippen LogP contribution in [0.5, 0.6) is 0 Å². The zero-order valence-electron chi connectivity index (χ0n) is 17.4. The molecular weight excluding hydrogens is 412 g/mol. The van der Waals surface area contributed by atoms with E-state index in [4.69, 9.17) is 0 Å². The number of sulfone groups is 1. The van der Waals surface area contributed by atoms with Crippen LogP contribution in [0, 0.1) is 6.92 Å². The highest BCUT2D eigenvalue weighted by Gasteiger charge is 2.16. The molecule has 0 radical (unpaired) electrons. The number of hydrazine groups is 1. The van der Waals surface area contributed by atoms with E-state index in [9.17, 15) is 18.0 Å². The molecule has 6 nitrogen and oxygen atoms in total. The van der Waals surface area contributed by atoms with Crippen molar-refractivity contribution in [1.29, 1.82) is 0 Å². The summed E-state index contributed by atoms with van der Waals surface area (Å²) in [5.74, 6) is -1.08. The number of carbonyl (C=O) groups is 2. The van der Waals surface area contributed by atoms with Crippen LogP contribution in [-0.2, 0) is 22.0 Å². The fraction of sp³-hybridized carbons (Fsp3) is 0.167. The molecule has 0 fully saturated rings. The molecule has 160 valence electrons. The zero-order chi connectivity index (χ0) is 22.4. The predicted molar refractivity (Wildman–Crippen MR) is 119 cm³/mol. The van der Waals surface area contributed by atoms with Crippen molar-refractivity contribution in [2.75, 3.05) is 0 Å². The first-order valence-electron chi connectivity index (χ1n) is 9.86. The molecule has 0 spiro atoms. The van der Waals surface area contributed by atoms with Crippen LogP contribution in [0.15, 0.2) is 77.7 Å². The second kappa shape index (κ2) is 9.57. The standard InChI is InChI=1S/C24H24N2O4S/c1-3-18-6-10-20(11-7-18)23(27)25-26-24(28)21-12-8-19(9-13-21)16-31(29,30)22-14-4-17(2)5-15-22/h4-15H,3,16H2,1-2H3,(H,25,27)(H,26,28). The maximum atomic E-state index is 12.6. The summed E-state index contributed by atoms with van der Waals surface area (Å²) in [5, 5.41) is 0. The lowest BCUT2D eigenvalue weighted by atomic mass is 10.1. The minimum absolute atomic E-state index is 0.164. The molecule has 3 aromatic carbocycles. The largest absolute Gasteiger partial charge is 0.269 e. The van der Waals surface area contributed by atoms with Gasteiger partial charge in [0.1, 0.15) is 0 Å². The number of amides is 2. The van der Waals surface area contributed by atoms with E-state index in [0.29, 0.717) is 16.7 Å². The Morgan fingerprint density at radius 2 is 1.16 bits per heavy atom. The van der Waals surface area contributed by atoms with Crippen molar-refractivity contribution in [3.05, 3.63) is 101 Å². The van der Waals surface area contributed by atoms with Crippen LogP contribution >= 0.6 is 0 Å². The van der Waals surface area contributed by atoms with Crippen molar-refractivity contribution in [2.45, 2.75) is 30.9 Å². The molecule has 0 bridgehead atoms. The smallest absolute Gasteiger partial charge is 0.267 e. The molecule has 31 heavy (non-hydrogen) atoms. The molecule has 0 aliphatic heterocycles. The summed E-state index contributed by atoms with van der Waals surface area (Å²) in [6, 6.07) is 20.0. The molecule has 0 saturated carbocycles. The van der Waals surface area contributed by atoms with Gasteiger partial charge in [0.05, 0.1) is 10.6 Å². The number of carbonyl (C=O) groups excluding carboxylic acids is 2. The van der Waals surface area contributed by atoms with Crippen LogP contribution < -0.4 is 10.9 Å². The Kier molecular flexibility index (Phi) is 6.87. The molecule has 0 heterocycles. The van der Waals surface area contributed by atoms with Crippen molar-refractivity contribution >= 4 is 21.7 Å². The monoisotopic (exact) mass is 436 g/mol. The Labute approximate surface area is 182 Å². The second-order valence-corrected chi connectivity index (χ2v) is 9.22. The van der Waals surface area contributed by atoms with E-state index >= 15 is 0 Å². The Morgan fingerprint density at radius 3 is 1.61 bits per heavy atom. The maximum Gasteiger partial charge on any atom is 0.269 e. The van der Waals surface area contributed by atoms with Crippen molar-refractivity contribution in [1.82, 2.24) is 10.9 Å². The van der Waals surface area contributed by atoms with E-state index in [1.165, 1.54) is 12.1 Å². The van der Waals surface area contributed by atoms with E-state index in [2.05, 4.69) is 10.9 Å². The van der Waals surface area contributed by atoms with Gasteiger partial charge >= 0.3 is 0 Å². The lowest BCUT2D eigenvalue weighted by molar-refractivity contribution is 0.0846. The third kappa shape index (κ3) is 5.79. The SMILES string of the molecule is CCc1ccc(C(=O)NNC(=O)c2ccc(CS(=O)(=O)c3ccc(C)cc3)cc2)cc1. The van der Waals surface area contributed by atoms with Gasteiger partial charge in [0, 0.05) is 11.1 Å². The average Bonchev–Trinajstić information content (AvgIpc) is 2.78. The number of hydrogen-bond donors (Lipinski definition) is 2. The molecule has 0 aliphatic carbocycles. The van der Waals surface area contributed by atoms with Gasteiger partial charge in [-0.25, -0.2) is 8.42 Å². The third-order valence-corrected chi connectivity index (χ3v) is 6.57. The van der Waals surface area contributed by atoms with Gasteiger partial charge in [0.15, 0.2) is 9.84 Å². The van der Waals surface area contributed by atoms with Crippen LogP contribution in [-0.4, -0.2) is 20.2 Å². The topological polar surface area (TPSA) is 92.3 Å². The van der Waals surface area contributed by atoms with Crippen LogP contribution in [0.25, 0.3) is 0 Å². The normalized spacial score (nSPS) is 11.0. The Morgan fingerprint density at radius 1 is 0.710 bits per heavy atom. The quantitative estimate of drug-likeness (QED) is 0.578. The van der Waals surface area contributed by atoms with E-state index in [0.717, 1.165) is 17.5 Å². The minimum atomic E-state index is -3.48. The number of aryl methyl sites for hydroxylation is 2. The molecular formula is C24H24N2O4S. The predicted octanol–water partition coefficient (Wildman–Crippen LogP) is 3.61. The maximum absolute atomic E-state index is 12.6. The van der Waals surface area contributed by atoms with Gasteiger partial charge in [-0.05, 0) is 60.9 Å². The highest BCUT2D eigenvalue weighted by Crippen LogP contribution is 2.17. The fourth-order valence-corrected chi connectivity index (χ4v) is 4.30. The van der Waals surface area contributed by atoms with Crippen LogP contribution in [0.4, 0.5) is 0 Å². The van der Waals surface area contributed by atoms with Crippen LogP contribution in [0.1, 0.15) is 44.3 Å². The van der Waals surface area contributed by atoms with Crippen LogP contribution in [0.3, 0.4) is 0 Å². The average molecular weight is 437 g/mol. The summed E-state index contributed by atoms with van der Waals surface area (Å²) >= 11 is 0. The number of nitrogens with one attached hydrogen (secondary N) is 2. The Bertz CT molecular complexity index is 1170. The number of benzene rings is 3. The molecule has 2 N–H and O–H groups in total. The summed E-state index contributed by atoms with van der Waals surface area (Å²) in [7, 11) is -3.48. The molecule has 0 aliphatic rings. The molecule has 0 unspecified atom stereocenters. The van der Waals surface area contributed by atoms with Gasteiger partial charge < -0.3 is 0 Å². The van der Waals surface area contributed by atoms with Gasteiger partial charge in [-0.2, -0.15) is 0 Å². The van der Waals surface area contributed by atoms with Crippen molar-refractivity contribution in [3.63, 3.8) is 0 Å². The van der Waals surface area contributed by atoms with Crippen molar-refractivity contribution in [3.8, 4) is 0 Å². The van der Waals surface area contributed by atoms with Crippen LogP contribution in [0.2, 0.25) is 0 Å². The van der Waals surface area contributed by atoms with E-state index < -0.39 is 21.7 Å². The van der Waals surface area contributed by atoms with Gasteiger partial charge in [0.2, 0.25) is 0 Å². The Balaban J connectivity index is 1.59. The lowest BCUT2D eigenvalue weighted by Crippen LogP contribution is -2.41. The molecule has 3 aromatic rings. The first-order valence-corrected chi connectivity index (χ1v) is 11.5. The molecule has 3 rings (SSSR count). The van der Waals surface area contributed by atoms with Crippen molar-refractivity contribution in [2.24, 2.45) is 0 Å². The van der Waals surface area contributed by atoms with E-state index in [1.807, 2.05) is 26.0 Å². The summed E-state index contributed by atoms with van der Waals surface area (Å²) in [6.45, 7) is 3.92. The summed E-state index contributed by atoms with van der Waals surface area (Å²) in [4.78, 5) is 24.7. The van der Waals surface area contributed by atoms with E-state index in [-0.39, 0.29) is 10.6 Å². The van der Waals surface area contributed by atoms with Gasteiger partial charge in [-0.15, -0.1) is 0 Å². The summed E-state index contributed by atoms with van der Waals surface area (Å²) < 4.78 is 25.1. The fourth-order valence-electron chi connectivity index (χ4n) is 2.95. The second-order valence-electron chi connectivity index (χ2n) is 7.23. The minimum Gasteiger partial charge on any atom is -0.267 e. The number of rotatable bonds is 6. The highest BCUT2D eigenvalue weighted by molar-refractivity contribution is 7.90. The van der Waals surface area contributed by atoms with Gasteiger partial charge in [-0.3, -0.25) is 20.4 Å². The molecule has 0 aromatic heterocycles. The third-order valence-electron chi connectivity index (χ3n) is 4.87. The molecule has 0 saturated heterocycles. The number of hydrogen-bond acceptors (Lipinski definition) is 4. The lowest BCUT2D eigenvalue weighted by Gasteiger charge is -2.09. The molecule has 7 heteroatoms. The highest BCUT2D eigenvalue weighted by atomic mass is 32.2. The summed E-state index contributed by atoms with van der Waals surface area (Å²) in [5.41, 5.74) is 8.16. The molecule has 2 amide bonds. The first kappa shape index (κ1) is 22.2. The van der Waals surface area contributed by atoms with Crippen molar-refractivity contribution < 1.29 is 18.0 Å².